The topological polar surface area (TPSA) is 65.4 Å². The fourth-order valence-corrected chi connectivity index (χ4v) is 0.708. The Bertz CT molecular complexity index is 321. The number of rotatable bonds is 2. The van der Waals surface area contributed by atoms with Gasteiger partial charge in [0, 0.05) is 12.8 Å². The molecule has 1 aromatic rings. The fourth-order valence-electron chi connectivity index (χ4n) is 0.708. The molecule has 0 spiro atoms. The van der Waals surface area contributed by atoms with Crippen molar-refractivity contribution in [1.29, 1.82) is 5.26 Å². The molecule has 4 nitrogen and oxygen atoms in total. The number of aromatic nitrogens is 3. The second kappa shape index (κ2) is 3.43. The molecule has 0 fully saturated rings. The molecule has 70 valence electrons. The standard InChI is InChI=1S/C6H5F3N4/c7-6(8,9)5-11-4(12-13-5)2-1-3-10/h1-2H2,(H,11,12,13). The zero-order chi connectivity index (χ0) is 9.90. The lowest BCUT2D eigenvalue weighted by Gasteiger charge is -1.97. The molecule has 1 aromatic heterocycles. The minimum Gasteiger partial charge on any atom is -0.263 e. The van der Waals surface area contributed by atoms with Gasteiger partial charge in [0.15, 0.2) is 0 Å². The maximum Gasteiger partial charge on any atom is 0.453 e. The van der Waals surface area contributed by atoms with Crippen LogP contribution < -0.4 is 0 Å². The first-order chi connectivity index (χ1) is 6.04. The summed E-state index contributed by atoms with van der Waals surface area (Å²) >= 11 is 0. The normalized spacial score (nSPS) is 11.2. The Morgan fingerprint density at radius 2 is 2.15 bits per heavy atom. The summed E-state index contributed by atoms with van der Waals surface area (Å²) in [4.78, 5) is 3.18. The number of halogens is 3. The van der Waals surface area contributed by atoms with Crippen molar-refractivity contribution in [1.82, 2.24) is 15.2 Å². The molecule has 0 aliphatic rings. The molecule has 0 atom stereocenters. The summed E-state index contributed by atoms with van der Waals surface area (Å²) in [5, 5.41) is 13.2. The Hall–Kier alpha value is -1.58. The van der Waals surface area contributed by atoms with E-state index in [-0.39, 0.29) is 18.7 Å². The predicted molar refractivity (Wildman–Crippen MR) is 35.3 cm³/mol. The van der Waals surface area contributed by atoms with Crippen LogP contribution in [0.2, 0.25) is 0 Å². The van der Waals surface area contributed by atoms with Crippen LogP contribution in [0.4, 0.5) is 13.2 Å². The van der Waals surface area contributed by atoms with E-state index in [4.69, 9.17) is 5.26 Å². The van der Waals surface area contributed by atoms with Crippen LogP contribution in [0, 0.1) is 11.3 Å². The van der Waals surface area contributed by atoms with E-state index in [2.05, 4.69) is 15.2 Å². The zero-order valence-corrected chi connectivity index (χ0v) is 6.39. The second-order valence-corrected chi connectivity index (χ2v) is 2.26. The molecule has 0 bridgehead atoms. The Balaban J connectivity index is 2.71. The Morgan fingerprint density at radius 1 is 1.46 bits per heavy atom. The monoisotopic (exact) mass is 190 g/mol. The van der Waals surface area contributed by atoms with Gasteiger partial charge in [0.25, 0.3) is 5.82 Å². The lowest BCUT2D eigenvalue weighted by atomic mass is 10.3. The minimum atomic E-state index is -4.53. The van der Waals surface area contributed by atoms with Gasteiger partial charge in [0.1, 0.15) is 5.82 Å². The summed E-state index contributed by atoms with van der Waals surface area (Å²) in [7, 11) is 0. The molecule has 7 heteroatoms. The Morgan fingerprint density at radius 3 is 2.62 bits per heavy atom. The largest absolute Gasteiger partial charge is 0.453 e. The molecule has 0 aromatic carbocycles. The number of nitriles is 1. The first-order valence-corrected chi connectivity index (χ1v) is 3.39. The van der Waals surface area contributed by atoms with Gasteiger partial charge in [-0.05, 0) is 0 Å². The van der Waals surface area contributed by atoms with Gasteiger partial charge in [0.2, 0.25) is 0 Å². The summed E-state index contributed by atoms with van der Waals surface area (Å²) in [6, 6.07) is 1.80. The van der Waals surface area contributed by atoms with Crippen molar-refractivity contribution in [2.24, 2.45) is 0 Å². The van der Waals surface area contributed by atoms with E-state index in [9.17, 15) is 13.2 Å². The second-order valence-electron chi connectivity index (χ2n) is 2.26. The molecule has 0 unspecified atom stereocenters. The van der Waals surface area contributed by atoms with Crippen LogP contribution in [0.3, 0.4) is 0 Å². The average molecular weight is 190 g/mol. The number of H-pyrrole nitrogens is 1. The minimum absolute atomic E-state index is 0.0777. The van der Waals surface area contributed by atoms with Crippen molar-refractivity contribution in [2.75, 3.05) is 0 Å². The summed E-state index contributed by atoms with van der Waals surface area (Å²) in [5.41, 5.74) is 0. The van der Waals surface area contributed by atoms with Crippen LogP contribution in [-0.4, -0.2) is 15.2 Å². The molecular formula is C6H5F3N4. The van der Waals surface area contributed by atoms with Crippen LogP contribution in [-0.2, 0) is 12.6 Å². The van der Waals surface area contributed by atoms with Crippen molar-refractivity contribution < 1.29 is 13.2 Å². The summed E-state index contributed by atoms with van der Waals surface area (Å²) in [6.45, 7) is 0. The SMILES string of the molecule is N#CCCc1nc(C(F)(F)F)n[nH]1. The molecule has 0 amide bonds. The number of aryl methyl sites for hydroxylation is 1. The van der Waals surface area contributed by atoms with E-state index in [0.717, 1.165) is 0 Å². The number of nitrogens with one attached hydrogen (secondary N) is 1. The van der Waals surface area contributed by atoms with Crippen molar-refractivity contribution >= 4 is 0 Å². The van der Waals surface area contributed by atoms with Crippen molar-refractivity contribution in [3.63, 3.8) is 0 Å². The van der Waals surface area contributed by atoms with Crippen LogP contribution in [0.25, 0.3) is 0 Å². The molecule has 1 rings (SSSR count). The van der Waals surface area contributed by atoms with Gasteiger partial charge in [-0.3, -0.25) is 5.10 Å². The van der Waals surface area contributed by atoms with E-state index in [1.54, 1.807) is 6.07 Å². The highest BCUT2D eigenvalue weighted by atomic mass is 19.4. The van der Waals surface area contributed by atoms with E-state index < -0.39 is 12.0 Å². The quantitative estimate of drug-likeness (QED) is 0.763. The lowest BCUT2D eigenvalue weighted by Crippen LogP contribution is -2.07. The first kappa shape index (κ1) is 9.51. The highest BCUT2D eigenvalue weighted by Crippen LogP contribution is 2.25. The van der Waals surface area contributed by atoms with E-state index in [0.29, 0.717) is 0 Å². The Kier molecular flexibility index (Phi) is 2.51. The molecule has 0 saturated heterocycles. The van der Waals surface area contributed by atoms with Gasteiger partial charge in [0.05, 0.1) is 6.07 Å². The maximum atomic E-state index is 11.9. The maximum absolute atomic E-state index is 11.9. The third-order valence-electron chi connectivity index (χ3n) is 1.26. The molecule has 1 heterocycles. The van der Waals surface area contributed by atoms with Crippen molar-refractivity contribution in [3.05, 3.63) is 11.6 Å². The Labute approximate surface area is 71.4 Å². The smallest absolute Gasteiger partial charge is 0.263 e. The molecule has 0 radical (unpaired) electrons. The van der Waals surface area contributed by atoms with Gasteiger partial charge in [-0.15, -0.1) is 5.10 Å². The third kappa shape index (κ3) is 2.43. The number of nitrogens with zero attached hydrogens (tertiary/aromatic N) is 3. The third-order valence-corrected chi connectivity index (χ3v) is 1.26. The van der Waals surface area contributed by atoms with Crippen molar-refractivity contribution in [2.45, 2.75) is 19.0 Å². The highest BCUT2D eigenvalue weighted by Gasteiger charge is 2.35. The van der Waals surface area contributed by atoms with Gasteiger partial charge in [-0.2, -0.15) is 18.4 Å². The average Bonchev–Trinajstić information content (AvgIpc) is 2.47. The van der Waals surface area contributed by atoms with Gasteiger partial charge >= 0.3 is 6.18 Å². The summed E-state index contributed by atoms with van der Waals surface area (Å²) in [6.07, 6.45) is -4.26. The molecule has 0 saturated carbocycles. The molecule has 1 N–H and O–H groups in total. The van der Waals surface area contributed by atoms with Crippen LogP contribution in [0.15, 0.2) is 0 Å². The van der Waals surface area contributed by atoms with Crippen LogP contribution in [0.5, 0.6) is 0 Å². The summed E-state index contributed by atoms with van der Waals surface area (Å²) < 4.78 is 35.7. The van der Waals surface area contributed by atoms with Gasteiger partial charge in [-0.1, -0.05) is 0 Å². The zero-order valence-electron chi connectivity index (χ0n) is 6.39. The predicted octanol–water partition coefficient (Wildman–Crippen LogP) is 1.28. The molecule has 0 aliphatic heterocycles. The first-order valence-electron chi connectivity index (χ1n) is 3.39. The van der Waals surface area contributed by atoms with Crippen molar-refractivity contribution in [3.8, 4) is 6.07 Å². The van der Waals surface area contributed by atoms with E-state index in [1.165, 1.54) is 0 Å². The highest BCUT2D eigenvalue weighted by molar-refractivity contribution is 4.95. The lowest BCUT2D eigenvalue weighted by molar-refractivity contribution is -0.144. The fraction of sp³-hybridized carbons (Fsp3) is 0.500. The van der Waals surface area contributed by atoms with Crippen LogP contribution in [0.1, 0.15) is 18.1 Å². The van der Waals surface area contributed by atoms with Gasteiger partial charge < -0.3 is 0 Å². The molecular weight excluding hydrogens is 185 g/mol. The number of hydrogen-bond acceptors (Lipinski definition) is 3. The van der Waals surface area contributed by atoms with Crippen LogP contribution >= 0.6 is 0 Å². The van der Waals surface area contributed by atoms with E-state index in [1.807, 2.05) is 0 Å². The summed E-state index contributed by atoms with van der Waals surface area (Å²) in [5.74, 6) is -1.12. The van der Waals surface area contributed by atoms with E-state index >= 15 is 0 Å². The van der Waals surface area contributed by atoms with Gasteiger partial charge in [-0.25, -0.2) is 4.98 Å². The molecule has 0 aliphatic carbocycles. The number of alkyl halides is 3. The number of hydrogen-bond donors (Lipinski definition) is 1. The molecule has 13 heavy (non-hydrogen) atoms. The number of aromatic amines is 1.